The van der Waals surface area contributed by atoms with Crippen LogP contribution < -0.4 is 9.88 Å². The SMILES string of the molecule is O=C(c1ccc(F)c([N+](=O)[O-])c1)N1CCN(c2cc[nH+]cc2)CC1. The summed E-state index contributed by atoms with van der Waals surface area (Å²) in [5, 5.41) is 10.8. The lowest BCUT2D eigenvalue weighted by atomic mass is 10.1. The minimum absolute atomic E-state index is 0.130. The molecule has 0 bridgehead atoms. The summed E-state index contributed by atoms with van der Waals surface area (Å²) in [6.45, 7) is 2.34. The molecule has 0 unspecified atom stereocenters. The zero-order valence-electron chi connectivity index (χ0n) is 12.8. The predicted molar refractivity (Wildman–Crippen MR) is 84.2 cm³/mol. The predicted octanol–water partition coefficient (Wildman–Crippen LogP) is 1.51. The Balaban J connectivity index is 1.69. The van der Waals surface area contributed by atoms with Crippen LogP contribution in [-0.2, 0) is 0 Å². The molecule has 1 aliphatic heterocycles. The lowest BCUT2D eigenvalue weighted by Crippen LogP contribution is -2.48. The van der Waals surface area contributed by atoms with Gasteiger partial charge in [0.25, 0.3) is 5.91 Å². The van der Waals surface area contributed by atoms with E-state index in [4.69, 9.17) is 0 Å². The molecule has 1 fully saturated rings. The van der Waals surface area contributed by atoms with Crippen LogP contribution in [0, 0.1) is 15.9 Å². The third kappa shape index (κ3) is 3.17. The second-order valence-corrected chi connectivity index (χ2v) is 5.46. The number of anilines is 1. The van der Waals surface area contributed by atoms with Gasteiger partial charge in [-0.05, 0) is 12.1 Å². The van der Waals surface area contributed by atoms with Crippen molar-refractivity contribution in [3.05, 3.63) is 64.2 Å². The van der Waals surface area contributed by atoms with Crippen LogP contribution in [0.2, 0.25) is 0 Å². The van der Waals surface area contributed by atoms with E-state index in [1.165, 1.54) is 6.07 Å². The molecule has 0 atom stereocenters. The smallest absolute Gasteiger partial charge is 0.305 e. The summed E-state index contributed by atoms with van der Waals surface area (Å²) < 4.78 is 13.4. The molecule has 24 heavy (non-hydrogen) atoms. The molecule has 2 aromatic rings. The van der Waals surface area contributed by atoms with E-state index in [0.717, 1.165) is 17.8 Å². The van der Waals surface area contributed by atoms with Crippen LogP contribution in [-0.4, -0.2) is 41.9 Å². The van der Waals surface area contributed by atoms with Gasteiger partial charge in [-0.15, -0.1) is 0 Å². The number of hydrogen-bond donors (Lipinski definition) is 0. The fourth-order valence-electron chi connectivity index (χ4n) is 2.72. The molecular weight excluding hydrogens is 315 g/mol. The largest absolute Gasteiger partial charge is 0.368 e. The van der Waals surface area contributed by atoms with E-state index in [9.17, 15) is 19.3 Å². The Kier molecular flexibility index (Phi) is 4.37. The number of nitrogens with zero attached hydrogens (tertiary/aromatic N) is 3. The summed E-state index contributed by atoms with van der Waals surface area (Å²) in [5.74, 6) is -1.26. The van der Waals surface area contributed by atoms with Crippen LogP contribution in [0.1, 0.15) is 10.4 Å². The topological polar surface area (TPSA) is 80.8 Å². The van der Waals surface area contributed by atoms with Crippen molar-refractivity contribution in [3.63, 3.8) is 0 Å². The van der Waals surface area contributed by atoms with Crippen molar-refractivity contribution in [1.29, 1.82) is 0 Å². The van der Waals surface area contributed by atoms with Gasteiger partial charge in [0.1, 0.15) is 0 Å². The average molecular weight is 331 g/mol. The van der Waals surface area contributed by atoms with Gasteiger partial charge in [-0.1, -0.05) is 0 Å². The number of nitrogens with one attached hydrogen (secondary N) is 1. The molecule has 2 heterocycles. The standard InChI is InChI=1S/C16H15FN4O3/c17-14-2-1-12(11-15(14)21(23)24)16(22)20-9-7-19(8-10-20)13-3-5-18-6-4-13/h1-6,11H,7-10H2/p+1. The third-order valence-corrected chi connectivity index (χ3v) is 4.02. The highest BCUT2D eigenvalue weighted by atomic mass is 19.1. The molecule has 124 valence electrons. The van der Waals surface area contributed by atoms with Gasteiger partial charge in [0.15, 0.2) is 12.4 Å². The summed E-state index contributed by atoms with van der Waals surface area (Å²) >= 11 is 0. The Hall–Kier alpha value is -3.03. The first-order valence-electron chi connectivity index (χ1n) is 7.50. The first-order chi connectivity index (χ1) is 11.6. The fourth-order valence-corrected chi connectivity index (χ4v) is 2.72. The van der Waals surface area contributed by atoms with Crippen LogP contribution in [0.4, 0.5) is 15.8 Å². The number of H-pyrrole nitrogens is 1. The van der Waals surface area contributed by atoms with E-state index < -0.39 is 16.4 Å². The summed E-state index contributed by atoms with van der Waals surface area (Å²) in [6, 6.07) is 7.16. The summed E-state index contributed by atoms with van der Waals surface area (Å²) in [4.78, 5) is 29.2. The number of aromatic amines is 1. The number of pyridine rings is 1. The van der Waals surface area contributed by atoms with Crippen molar-refractivity contribution in [2.75, 3.05) is 31.1 Å². The molecule has 0 aliphatic carbocycles. The molecule has 1 N–H and O–H groups in total. The molecule has 1 saturated heterocycles. The number of aromatic nitrogens is 1. The number of carbonyl (C=O) groups is 1. The molecule has 1 aliphatic rings. The van der Waals surface area contributed by atoms with Crippen LogP contribution in [0.3, 0.4) is 0 Å². The van der Waals surface area contributed by atoms with E-state index in [-0.39, 0.29) is 11.5 Å². The lowest BCUT2D eigenvalue weighted by molar-refractivity contribution is -0.387. The molecule has 1 amide bonds. The second-order valence-electron chi connectivity index (χ2n) is 5.46. The molecule has 0 saturated carbocycles. The van der Waals surface area contributed by atoms with E-state index in [1.54, 1.807) is 4.90 Å². The molecule has 1 aromatic carbocycles. The van der Waals surface area contributed by atoms with Crippen LogP contribution >= 0.6 is 0 Å². The first kappa shape index (κ1) is 15.9. The molecule has 3 rings (SSSR count). The zero-order valence-corrected chi connectivity index (χ0v) is 12.8. The second kappa shape index (κ2) is 6.61. The molecular formula is C16H16FN4O3+. The van der Waals surface area contributed by atoms with Gasteiger partial charge >= 0.3 is 5.69 Å². The first-order valence-corrected chi connectivity index (χ1v) is 7.50. The van der Waals surface area contributed by atoms with E-state index in [2.05, 4.69) is 9.88 Å². The minimum atomic E-state index is -0.942. The van der Waals surface area contributed by atoms with Gasteiger partial charge in [-0.25, -0.2) is 4.98 Å². The maximum atomic E-state index is 13.4. The number of halogens is 1. The normalized spacial score (nSPS) is 14.5. The molecule has 0 radical (unpaired) electrons. The van der Waals surface area contributed by atoms with Crippen molar-refractivity contribution >= 4 is 17.3 Å². The highest BCUT2D eigenvalue weighted by Gasteiger charge is 2.25. The van der Waals surface area contributed by atoms with Gasteiger partial charge in [0.2, 0.25) is 5.82 Å². The highest BCUT2D eigenvalue weighted by Crippen LogP contribution is 2.21. The van der Waals surface area contributed by atoms with Crippen molar-refractivity contribution in [3.8, 4) is 0 Å². The Labute approximate surface area is 137 Å². The maximum absolute atomic E-state index is 13.4. The van der Waals surface area contributed by atoms with E-state index in [1.807, 2.05) is 24.5 Å². The zero-order chi connectivity index (χ0) is 17.1. The Bertz CT molecular complexity index is 761. The number of nitro groups is 1. The van der Waals surface area contributed by atoms with Gasteiger partial charge in [-0.2, -0.15) is 4.39 Å². The summed E-state index contributed by atoms with van der Waals surface area (Å²) in [7, 11) is 0. The fraction of sp³-hybridized carbons (Fsp3) is 0.250. The minimum Gasteiger partial charge on any atom is -0.368 e. The van der Waals surface area contributed by atoms with Crippen molar-refractivity contribution < 1.29 is 19.1 Å². The number of benzene rings is 1. The average Bonchev–Trinajstić information content (AvgIpc) is 2.62. The quantitative estimate of drug-likeness (QED) is 0.631. The van der Waals surface area contributed by atoms with Gasteiger partial charge < -0.3 is 9.80 Å². The highest BCUT2D eigenvalue weighted by molar-refractivity contribution is 5.95. The number of amides is 1. The van der Waals surface area contributed by atoms with Crippen LogP contribution in [0.15, 0.2) is 42.7 Å². The number of rotatable bonds is 3. The number of carbonyl (C=O) groups excluding carboxylic acids is 1. The van der Waals surface area contributed by atoms with E-state index >= 15 is 0 Å². The summed E-state index contributed by atoms with van der Waals surface area (Å²) in [5.41, 5.74) is 0.518. The van der Waals surface area contributed by atoms with Crippen molar-refractivity contribution in [1.82, 2.24) is 4.90 Å². The van der Waals surface area contributed by atoms with Crippen LogP contribution in [0.25, 0.3) is 0 Å². The van der Waals surface area contributed by atoms with Crippen molar-refractivity contribution in [2.24, 2.45) is 0 Å². The monoisotopic (exact) mass is 331 g/mol. The number of hydrogen-bond acceptors (Lipinski definition) is 4. The van der Waals surface area contributed by atoms with Crippen LogP contribution in [0.5, 0.6) is 0 Å². The lowest BCUT2D eigenvalue weighted by Gasteiger charge is -2.35. The van der Waals surface area contributed by atoms with Gasteiger partial charge in [0.05, 0.1) is 4.92 Å². The van der Waals surface area contributed by atoms with Gasteiger partial charge in [-0.3, -0.25) is 14.9 Å². The molecule has 0 spiro atoms. The Morgan fingerprint density at radius 1 is 1.12 bits per heavy atom. The summed E-state index contributed by atoms with van der Waals surface area (Å²) in [6.07, 6.45) is 3.68. The molecule has 8 heteroatoms. The Morgan fingerprint density at radius 2 is 1.79 bits per heavy atom. The number of piperazine rings is 1. The van der Waals surface area contributed by atoms with Crippen molar-refractivity contribution in [2.45, 2.75) is 0 Å². The maximum Gasteiger partial charge on any atom is 0.305 e. The molecule has 1 aromatic heterocycles. The Morgan fingerprint density at radius 3 is 2.42 bits per heavy atom. The van der Waals surface area contributed by atoms with Gasteiger partial charge in [0, 0.05) is 55.6 Å². The van der Waals surface area contributed by atoms with E-state index in [0.29, 0.717) is 26.2 Å². The third-order valence-electron chi connectivity index (χ3n) is 4.02. The molecule has 7 nitrogen and oxygen atoms in total. The number of nitro benzene ring substituents is 1.